The summed E-state index contributed by atoms with van der Waals surface area (Å²) in [6.45, 7) is 0.725. The van der Waals surface area contributed by atoms with Gasteiger partial charge in [0.25, 0.3) is 5.91 Å². The Morgan fingerprint density at radius 1 is 0.909 bits per heavy atom. The molecule has 0 bridgehead atoms. The van der Waals surface area contributed by atoms with Crippen molar-refractivity contribution in [1.29, 1.82) is 0 Å². The molecule has 1 fully saturated rings. The molecule has 0 unspecified atom stereocenters. The molecule has 3 atom stereocenters. The Bertz CT molecular complexity index is 1600. The van der Waals surface area contributed by atoms with Crippen LogP contribution in [0.1, 0.15) is 45.6 Å². The lowest BCUT2D eigenvalue weighted by molar-refractivity contribution is -0.134. The van der Waals surface area contributed by atoms with E-state index in [0.29, 0.717) is 37.1 Å². The van der Waals surface area contributed by atoms with E-state index in [1.165, 1.54) is 0 Å². The van der Waals surface area contributed by atoms with Crippen molar-refractivity contribution >= 4 is 28.9 Å². The third-order valence-electron chi connectivity index (χ3n) is 8.39. The summed E-state index contributed by atoms with van der Waals surface area (Å²) in [4.78, 5) is 41.8. The highest BCUT2D eigenvalue weighted by Gasteiger charge is 2.39. The van der Waals surface area contributed by atoms with E-state index in [4.69, 9.17) is 9.47 Å². The first kappa shape index (κ1) is 29.8. The number of Topliss-reactive ketones (excluding diaryl/α,β-unsaturated/α-hetero) is 1. The van der Waals surface area contributed by atoms with Crippen LogP contribution in [-0.4, -0.2) is 54.4 Å². The van der Waals surface area contributed by atoms with Crippen LogP contribution in [0.25, 0.3) is 11.1 Å². The summed E-state index contributed by atoms with van der Waals surface area (Å²) in [5.41, 5.74) is 4.59. The first-order valence-electron chi connectivity index (χ1n) is 15.1. The number of thiophene rings is 1. The van der Waals surface area contributed by atoms with E-state index in [2.05, 4.69) is 29.6 Å². The molecule has 2 aliphatic heterocycles. The van der Waals surface area contributed by atoms with Crippen molar-refractivity contribution in [2.45, 2.75) is 56.9 Å². The fourth-order valence-electron chi connectivity index (χ4n) is 6.01. The van der Waals surface area contributed by atoms with Gasteiger partial charge >= 0.3 is 0 Å². The van der Waals surface area contributed by atoms with Crippen LogP contribution in [0, 0.1) is 0 Å². The monoisotopic (exact) mass is 608 g/mol. The van der Waals surface area contributed by atoms with E-state index in [0.717, 1.165) is 27.1 Å². The summed E-state index contributed by atoms with van der Waals surface area (Å²) in [5.74, 6) is 0.372. The number of benzene rings is 3. The minimum Gasteiger partial charge on any atom is -0.490 e. The third-order valence-corrected chi connectivity index (χ3v) is 9.27. The van der Waals surface area contributed by atoms with Gasteiger partial charge in [-0.3, -0.25) is 14.4 Å². The van der Waals surface area contributed by atoms with Crippen molar-refractivity contribution in [3.05, 3.63) is 112 Å². The lowest BCUT2D eigenvalue weighted by atomic mass is 9.94. The highest BCUT2D eigenvalue weighted by Crippen LogP contribution is 2.32. The lowest BCUT2D eigenvalue weighted by Crippen LogP contribution is -2.54. The number of hydrogen-bond acceptors (Lipinski definition) is 6. The predicted octanol–water partition coefficient (Wildman–Crippen LogP) is 5.86. The number of ether oxygens (including phenoxy) is 2. The molecule has 226 valence electrons. The molecule has 3 heterocycles. The van der Waals surface area contributed by atoms with Crippen LogP contribution in [-0.2, 0) is 33.7 Å². The van der Waals surface area contributed by atoms with E-state index in [1.54, 1.807) is 35.4 Å². The Hall–Kier alpha value is -4.27. The van der Waals surface area contributed by atoms with Crippen LogP contribution in [0.15, 0.2) is 90.3 Å². The maximum absolute atomic E-state index is 13.6. The highest BCUT2D eigenvalue weighted by atomic mass is 32.1. The molecule has 2 aliphatic rings. The van der Waals surface area contributed by atoms with E-state index in [9.17, 15) is 14.4 Å². The van der Waals surface area contributed by atoms with Crippen molar-refractivity contribution in [2.75, 3.05) is 13.7 Å². The van der Waals surface area contributed by atoms with Gasteiger partial charge in [-0.25, -0.2) is 0 Å². The van der Waals surface area contributed by atoms with Gasteiger partial charge in [-0.05, 0) is 58.7 Å². The Labute approximate surface area is 261 Å². The number of carbonyl (C=O) groups excluding carboxylic acids is 3. The number of amides is 2. The highest BCUT2D eigenvalue weighted by molar-refractivity contribution is 7.10. The summed E-state index contributed by atoms with van der Waals surface area (Å²) in [7, 11) is 1.79. The molecule has 6 rings (SSSR count). The zero-order chi connectivity index (χ0) is 30.5. The van der Waals surface area contributed by atoms with E-state index < -0.39 is 0 Å². The van der Waals surface area contributed by atoms with Gasteiger partial charge in [0.05, 0.1) is 24.1 Å². The largest absolute Gasteiger partial charge is 0.490 e. The summed E-state index contributed by atoms with van der Waals surface area (Å²) in [6.07, 6.45) is 1.69. The van der Waals surface area contributed by atoms with E-state index >= 15 is 0 Å². The molecule has 8 heteroatoms. The zero-order valence-electron chi connectivity index (χ0n) is 24.7. The minimum atomic E-state index is -0.346. The summed E-state index contributed by atoms with van der Waals surface area (Å²) < 4.78 is 12.5. The molecule has 4 aromatic rings. The topological polar surface area (TPSA) is 84.9 Å². The van der Waals surface area contributed by atoms with Crippen LogP contribution in [0.5, 0.6) is 5.75 Å². The van der Waals surface area contributed by atoms with E-state index in [-0.39, 0.29) is 55.3 Å². The standard InChI is InChI=1S/C36H36N2O5S/c1-38-32-15-14-29(21-35(40)37-22-24-9-12-27(13-10-24)26-6-3-2-4-7-26)43-34(32)23-42-33-16-11-25(19-31(33)36(38)41)18-28(39)20-30-8-5-17-44-30/h2-13,16-17,19,29,32,34H,14-15,18,20-23H2,1H3,(H,37,40)/t29-,32-,34-/m0/s1. The van der Waals surface area contributed by atoms with Gasteiger partial charge < -0.3 is 19.7 Å². The van der Waals surface area contributed by atoms with Gasteiger partial charge in [-0.15, -0.1) is 11.3 Å². The van der Waals surface area contributed by atoms with Crippen molar-refractivity contribution in [3.8, 4) is 16.9 Å². The van der Waals surface area contributed by atoms with Gasteiger partial charge in [0, 0.05) is 31.3 Å². The number of nitrogens with one attached hydrogen (secondary N) is 1. The van der Waals surface area contributed by atoms with Crippen LogP contribution in [0.2, 0.25) is 0 Å². The van der Waals surface area contributed by atoms with Gasteiger partial charge in [-0.2, -0.15) is 0 Å². The van der Waals surface area contributed by atoms with Gasteiger partial charge in [0.15, 0.2) is 0 Å². The van der Waals surface area contributed by atoms with Gasteiger partial charge in [0.1, 0.15) is 24.2 Å². The Balaban J connectivity index is 1.03. The second-order valence-electron chi connectivity index (χ2n) is 11.5. The SMILES string of the molecule is CN1C(=O)c2cc(CC(=O)Cc3cccs3)ccc2OC[C@@H]2O[C@H](CC(=O)NCc3ccc(-c4ccccc4)cc3)CC[C@@H]21. The fourth-order valence-corrected chi connectivity index (χ4v) is 6.74. The molecule has 0 saturated carbocycles. The summed E-state index contributed by atoms with van der Waals surface area (Å²) >= 11 is 1.57. The van der Waals surface area contributed by atoms with Crippen molar-refractivity contribution < 1.29 is 23.9 Å². The average molecular weight is 609 g/mol. The second kappa shape index (κ2) is 13.6. The van der Waals surface area contributed by atoms with Crippen LogP contribution < -0.4 is 10.1 Å². The average Bonchev–Trinajstić information content (AvgIpc) is 3.55. The molecular formula is C36H36N2O5S. The molecular weight excluding hydrogens is 572 g/mol. The zero-order valence-corrected chi connectivity index (χ0v) is 25.6. The van der Waals surface area contributed by atoms with Crippen LogP contribution in [0.4, 0.5) is 0 Å². The first-order chi connectivity index (χ1) is 21.4. The molecule has 3 aromatic carbocycles. The number of nitrogens with zero attached hydrogens (tertiary/aromatic N) is 1. The predicted molar refractivity (Wildman–Crippen MR) is 171 cm³/mol. The number of likely N-dealkylation sites (N-methyl/N-ethyl adjacent to an activating group) is 1. The normalized spacial score (nSPS) is 19.6. The quantitative estimate of drug-likeness (QED) is 0.258. The maximum Gasteiger partial charge on any atom is 0.257 e. The Kier molecular flexibility index (Phi) is 9.19. The van der Waals surface area contributed by atoms with Crippen LogP contribution in [0.3, 0.4) is 0 Å². The molecule has 7 nitrogen and oxygen atoms in total. The van der Waals surface area contributed by atoms with Crippen molar-refractivity contribution in [1.82, 2.24) is 10.2 Å². The Morgan fingerprint density at radius 2 is 1.68 bits per heavy atom. The van der Waals surface area contributed by atoms with Gasteiger partial charge in [0.2, 0.25) is 5.91 Å². The molecule has 1 N–H and O–H groups in total. The minimum absolute atomic E-state index is 0.0664. The fraction of sp³-hybridized carbons (Fsp3) is 0.306. The Morgan fingerprint density at radius 3 is 2.45 bits per heavy atom. The van der Waals surface area contributed by atoms with E-state index in [1.807, 2.05) is 53.9 Å². The molecule has 2 amide bonds. The second-order valence-corrected chi connectivity index (χ2v) is 12.5. The first-order valence-corrected chi connectivity index (χ1v) is 15.9. The van der Waals surface area contributed by atoms with Crippen molar-refractivity contribution in [2.24, 2.45) is 0 Å². The number of rotatable bonds is 9. The molecule has 1 aromatic heterocycles. The number of hydrogen-bond donors (Lipinski definition) is 1. The lowest BCUT2D eigenvalue weighted by Gasteiger charge is -2.42. The van der Waals surface area contributed by atoms with Crippen LogP contribution >= 0.6 is 11.3 Å². The third kappa shape index (κ3) is 7.09. The summed E-state index contributed by atoms with van der Waals surface area (Å²) in [6, 6.07) is 27.5. The molecule has 1 saturated heterocycles. The smallest absolute Gasteiger partial charge is 0.257 e. The summed E-state index contributed by atoms with van der Waals surface area (Å²) in [5, 5.41) is 4.99. The molecule has 0 radical (unpaired) electrons. The number of carbonyl (C=O) groups is 3. The van der Waals surface area contributed by atoms with Gasteiger partial charge in [-0.1, -0.05) is 66.7 Å². The maximum atomic E-state index is 13.6. The number of ketones is 1. The molecule has 0 spiro atoms. The molecule has 0 aliphatic carbocycles. The molecule has 44 heavy (non-hydrogen) atoms. The van der Waals surface area contributed by atoms with Crippen molar-refractivity contribution in [3.63, 3.8) is 0 Å². The number of fused-ring (bicyclic) bond motifs is 2.